The van der Waals surface area contributed by atoms with E-state index < -0.39 is 0 Å². The second-order valence-corrected chi connectivity index (χ2v) is 9.24. The van der Waals surface area contributed by atoms with Crippen molar-refractivity contribution in [2.24, 2.45) is 0 Å². The van der Waals surface area contributed by atoms with Crippen LogP contribution in [-0.4, -0.2) is 18.6 Å². The second kappa shape index (κ2) is 7.94. The van der Waals surface area contributed by atoms with Gasteiger partial charge in [0.1, 0.15) is 17.1 Å². The Labute approximate surface area is 173 Å². The lowest BCUT2D eigenvalue weighted by Gasteiger charge is -2.37. The van der Waals surface area contributed by atoms with Crippen LogP contribution in [0, 0.1) is 0 Å². The quantitative estimate of drug-likeness (QED) is 0.705. The number of rotatable bonds is 4. The Morgan fingerprint density at radius 3 is 2.48 bits per heavy atom. The van der Waals surface area contributed by atoms with Gasteiger partial charge in [0.15, 0.2) is 0 Å². The van der Waals surface area contributed by atoms with Crippen molar-refractivity contribution in [3.05, 3.63) is 65.2 Å². The van der Waals surface area contributed by atoms with Crippen LogP contribution in [0.3, 0.4) is 0 Å². The summed E-state index contributed by atoms with van der Waals surface area (Å²) in [5, 5.41) is 3.13. The Bertz CT molecular complexity index is 905. The third-order valence-electron chi connectivity index (χ3n) is 5.19. The average molecular weight is 394 g/mol. The first kappa shape index (κ1) is 21.0. The van der Waals surface area contributed by atoms with E-state index in [1.807, 2.05) is 50.3 Å². The molecule has 0 unspecified atom stereocenters. The van der Waals surface area contributed by atoms with E-state index >= 15 is 0 Å². The molecule has 2 aromatic rings. The smallest absolute Gasteiger partial charge is 0.244 e. The molecule has 1 aliphatic rings. The maximum Gasteiger partial charge on any atom is 0.244 e. The number of ether oxygens (including phenoxy) is 2. The Morgan fingerprint density at radius 2 is 1.86 bits per heavy atom. The molecule has 0 saturated carbocycles. The Hall–Kier alpha value is -2.75. The minimum absolute atomic E-state index is 0.115. The molecule has 1 amide bonds. The van der Waals surface area contributed by atoms with Crippen LogP contribution in [0.15, 0.2) is 48.5 Å². The molecule has 1 aliphatic heterocycles. The molecule has 0 fully saturated rings. The van der Waals surface area contributed by atoms with Gasteiger partial charge in [-0.15, -0.1) is 0 Å². The number of benzene rings is 2. The monoisotopic (exact) mass is 393 g/mol. The van der Waals surface area contributed by atoms with Crippen LogP contribution in [0.25, 0.3) is 6.08 Å². The lowest BCUT2D eigenvalue weighted by Crippen LogP contribution is -2.40. The molecule has 3 rings (SSSR count). The molecule has 29 heavy (non-hydrogen) atoms. The molecule has 0 aliphatic carbocycles. The average Bonchev–Trinajstić information content (AvgIpc) is 2.65. The highest BCUT2D eigenvalue weighted by molar-refractivity contribution is 5.92. The van der Waals surface area contributed by atoms with Gasteiger partial charge >= 0.3 is 0 Å². The molecule has 4 nitrogen and oxygen atoms in total. The summed E-state index contributed by atoms with van der Waals surface area (Å²) in [4.78, 5) is 12.6. The molecule has 1 atom stereocenters. The van der Waals surface area contributed by atoms with Crippen LogP contribution in [0.4, 0.5) is 0 Å². The largest absolute Gasteiger partial charge is 0.497 e. The van der Waals surface area contributed by atoms with Gasteiger partial charge in [0, 0.05) is 18.1 Å². The van der Waals surface area contributed by atoms with Crippen LogP contribution >= 0.6 is 0 Å². The molecule has 0 spiro atoms. The number of methoxy groups -OCH3 is 1. The molecule has 0 aromatic heterocycles. The molecule has 1 heterocycles. The van der Waals surface area contributed by atoms with Crippen LogP contribution in [0.5, 0.6) is 11.5 Å². The number of carbonyl (C=O) groups is 1. The van der Waals surface area contributed by atoms with Crippen molar-refractivity contribution >= 4 is 12.0 Å². The Kier molecular flexibility index (Phi) is 5.74. The maximum atomic E-state index is 12.6. The fraction of sp³-hybridized carbons (Fsp3) is 0.400. The summed E-state index contributed by atoms with van der Waals surface area (Å²) in [5.41, 5.74) is 2.98. The van der Waals surface area contributed by atoms with E-state index in [9.17, 15) is 4.79 Å². The summed E-state index contributed by atoms with van der Waals surface area (Å²) in [6.07, 6.45) is 4.13. The van der Waals surface area contributed by atoms with Gasteiger partial charge in [0.05, 0.1) is 13.2 Å². The maximum absolute atomic E-state index is 12.6. The first-order valence-electron chi connectivity index (χ1n) is 10.0. The first-order valence-corrected chi connectivity index (χ1v) is 10.0. The van der Waals surface area contributed by atoms with Gasteiger partial charge in [-0.3, -0.25) is 4.79 Å². The summed E-state index contributed by atoms with van der Waals surface area (Å²) < 4.78 is 11.4. The lowest BCUT2D eigenvalue weighted by atomic mass is 9.87. The van der Waals surface area contributed by atoms with E-state index in [1.54, 1.807) is 13.2 Å². The highest BCUT2D eigenvalue weighted by Gasteiger charge is 2.34. The molecule has 0 bridgehead atoms. The molecule has 1 N–H and O–H groups in total. The van der Waals surface area contributed by atoms with E-state index in [1.165, 1.54) is 5.56 Å². The third-order valence-corrected chi connectivity index (χ3v) is 5.19. The van der Waals surface area contributed by atoms with Crippen molar-refractivity contribution in [3.8, 4) is 11.5 Å². The van der Waals surface area contributed by atoms with Crippen LogP contribution < -0.4 is 14.8 Å². The zero-order valence-electron chi connectivity index (χ0n) is 18.2. The minimum atomic E-state index is -0.355. The Morgan fingerprint density at radius 1 is 1.17 bits per heavy atom. The van der Waals surface area contributed by atoms with Crippen LogP contribution in [-0.2, 0) is 10.2 Å². The normalized spacial score (nSPS) is 18.1. The summed E-state index contributed by atoms with van der Waals surface area (Å²) in [6.45, 7) is 10.6. The fourth-order valence-electron chi connectivity index (χ4n) is 3.57. The predicted molar refractivity (Wildman–Crippen MR) is 117 cm³/mol. The molecular weight excluding hydrogens is 362 g/mol. The molecule has 0 radical (unpaired) electrons. The van der Waals surface area contributed by atoms with Gasteiger partial charge in [0.2, 0.25) is 5.91 Å². The zero-order valence-corrected chi connectivity index (χ0v) is 18.2. The highest BCUT2D eigenvalue weighted by atomic mass is 16.5. The molecule has 154 valence electrons. The predicted octanol–water partition coefficient (Wildman–Crippen LogP) is 5.42. The Balaban J connectivity index is 1.74. The van der Waals surface area contributed by atoms with E-state index in [0.717, 1.165) is 22.6 Å². The van der Waals surface area contributed by atoms with Crippen molar-refractivity contribution < 1.29 is 14.3 Å². The number of hydrogen-bond donors (Lipinski definition) is 1. The van der Waals surface area contributed by atoms with E-state index in [-0.39, 0.29) is 23.0 Å². The van der Waals surface area contributed by atoms with Crippen LogP contribution in [0.2, 0.25) is 0 Å². The summed E-state index contributed by atoms with van der Waals surface area (Å²) in [5.74, 6) is 1.41. The van der Waals surface area contributed by atoms with Crippen molar-refractivity contribution in [2.75, 3.05) is 7.11 Å². The molecule has 2 aromatic carbocycles. The third kappa shape index (κ3) is 5.20. The number of hydrogen-bond acceptors (Lipinski definition) is 3. The van der Waals surface area contributed by atoms with Gasteiger partial charge in [0.25, 0.3) is 0 Å². The van der Waals surface area contributed by atoms with Crippen molar-refractivity contribution in [2.45, 2.75) is 58.1 Å². The van der Waals surface area contributed by atoms with Crippen molar-refractivity contribution in [1.82, 2.24) is 5.32 Å². The van der Waals surface area contributed by atoms with Crippen molar-refractivity contribution in [1.29, 1.82) is 0 Å². The van der Waals surface area contributed by atoms with Gasteiger partial charge in [-0.05, 0) is 54.7 Å². The highest BCUT2D eigenvalue weighted by Crippen LogP contribution is 2.41. The topological polar surface area (TPSA) is 47.6 Å². The molecule has 0 saturated heterocycles. The zero-order chi connectivity index (χ0) is 21.2. The number of carbonyl (C=O) groups excluding carboxylic acids is 1. The second-order valence-electron chi connectivity index (χ2n) is 9.24. The summed E-state index contributed by atoms with van der Waals surface area (Å²) in [6, 6.07) is 13.9. The number of amides is 1. The summed E-state index contributed by atoms with van der Waals surface area (Å²) >= 11 is 0. The number of fused-ring (bicyclic) bond motifs is 1. The van der Waals surface area contributed by atoms with E-state index in [4.69, 9.17) is 9.47 Å². The molecule has 4 heteroatoms. The van der Waals surface area contributed by atoms with E-state index in [0.29, 0.717) is 6.42 Å². The van der Waals surface area contributed by atoms with Crippen molar-refractivity contribution in [3.63, 3.8) is 0 Å². The number of nitrogens with one attached hydrogen (secondary N) is 1. The van der Waals surface area contributed by atoms with E-state index in [2.05, 4.69) is 38.2 Å². The van der Waals surface area contributed by atoms with Gasteiger partial charge in [-0.2, -0.15) is 0 Å². The first-order chi connectivity index (χ1) is 13.6. The minimum Gasteiger partial charge on any atom is -0.497 e. The van der Waals surface area contributed by atoms with Gasteiger partial charge in [-0.25, -0.2) is 0 Å². The van der Waals surface area contributed by atoms with Gasteiger partial charge in [-0.1, -0.05) is 45.0 Å². The standard InChI is InChI=1S/C25H31NO3/c1-24(2,3)18-10-7-17(8-11-18)9-14-23(27)26-21-16-25(4,5)29-22-13-12-19(28-6)15-20(21)22/h7-15,21H,16H2,1-6H3,(H,26,27)/b14-9+/t21-/m0/s1. The summed E-state index contributed by atoms with van der Waals surface area (Å²) in [7, 11) is 1.64. The van der Waals surface area contributed by atoms with Crippen LogP contribution in [0.1, 0.15) is 63.8 Å². The van der Waals surface area contributed by atoms with Gasteiger partial charge < -0.3 is 14.8 Å². The lowest BCUT2D eigenvalue weighted by molar-refractivity contribution is -0.117. The SMILES string of the molecule is COc1ccc2c(c1)[C@@H](NC(=O)/C=C/c1ccc(C(C)(C)C)cc1)CC(C)(C)O2. The molecular formula is C25H31NO3. The fourth-order valence-corrected chi connectivity index (χ4v) is 3.57.